The number of hydrogen-bond acceptors (Lipinski definition) is 7. The molecule has 7 nitrogen and oxygen atoms in total. The molecule has 27 heavy (non-hydrogen) atoms. The van der Waals surface area contributed by atoms with Crippen LogP contribution in [0.1, 0.15) is 24.1 Å². The molecule has 0 bridgehead atoms. The summed E-state index contributed by atoms with van der Waals surface area (Å²) in [4.78, 5) is 28.1. The number of carbonyl (C=O) groups excluding carboxylic acids is 1. The minimum Gasteiger partial charge on any atom is -0.378 e. The molecular weight excluding hydrogens is 362 g/mol. The maximum absolute atomic E-state index is 12.8. The Morgan fingerprint density at radius 1 is 1.33 bits per heavy atom. The quantitative estimate of drug-likeness (QED) is 0.705. The highest BCUT2D eigenvalue weighted by atomic mass is 32.1. The van der Waals surface area contributed by atoms with E-state index in [-0.39, 0.29) is 11.9 Å². The van der Waals surface area contributed by atoms with Gasteiger partial charge >= 0.3 is 0 Å². The number of nitrogens with zero attached hydrogens (tertiary/aromatic N) is 4. The molecule has 1 fully saturated rings. The van der Waals surface area contributed by atoms with E-state index in [9.17, 15) is 4.79 Å². The van der Waals surface area contributed by atoms with Crippen molar-refractivity contribution in [3.05, 3.63) is 47.9 Å². The molecule has 0 unspecified atom stereocenters. The molecule has 8 heteroatoms. The predicted molar refractivity (Wildman–Crippen MR) is 105 cm³/mol. The summed E-state index contributed by atoms with van der Waals surface area (Å²) in [5.74, 6) is 0.0406. The molecule has 2 aromatic heterocycles. The first-order chi connectivity index (χ1) is 13.3. The van der Waals surface area contributed by atoms with Gasteiger partial charge in [0, 0.05) is 20.2 Å². The van der Waals surface area contributed by atoms with Gasteiger partial charge in [0.2, 0.25) is 5.91 Å². The molecule has 3 aromatic rings. The highest BCUT2D eigenvalue weighted by molar-refractivity contribution is 7.22. The fourth-order valence-electron chi connectivity index (χ4n) is 3.32. The summed E-state index contributed by atoms with van der Waals surface area (Å²) >= 11 is 1.53. The van der Waals surface area contributed by atoms with Crippen molar-refractivity contribution in [2.75, 3.05) is 18.6 Å². The van der Waals surface area contributed by atoms with Crippen molar-refractivity contribution in [3.8, 4) is 0 Å². The molecule has 0 radical (unpaired) electrons. The smallest absolute Gasteiger partial charge is 0.243 e. The minimum absolute atomic E-state index is 0.0406. The van der Waals surface area contributed by atoms with E-state index in [1.54, 1.807) is 7.11 Å². The SMILES string of the molecule is COCc1ncnc2nc(N3CCC[C@@H]3C(=O)NCc3ccccc3)sc12. The van der Waals surface area contributed by atoms with Crippen molar-refractivity contribution in [1.82, 2.24) is 20.3 Å². The number of ether oxygens (including phenoxy) is 1. The number of anilines is 1. The number of hydrogen-bond donors (Lipinski definition) is 1. The molecule has 1 saturated heterocycles. The molecular formula is C19H21N5O2S. The highest BCUT2D eigenvalue weighted by Gasteiger charge is 2.33. The van der Waals surface area contributed by atoms with E-state index < -0.39 is 0 Å². The lowest BCUT2D eigenvalue weighted by Crippen LogP contribution is -2.43. The minimum atomic E-state index is -0.201. The van der Waals surface area contributed by atoms with E-state index in [0.29, 0.717) is 18.8 Å². The Hall–Kier alpha value is -2.58. The Labute approximate surface area is 161 Å². The monoisotopic (exact) mass is 383 g/mol. The van der Waals surface area contributed by atoms with Gasteiger partial charge in [-0.3, -0.25) is 4.79 Å². The number of nitrogens with one attached hydrogen (secondary N) is 1. The first kappa shape index (κ1) is 17.8. The van der Waals surface area contributed by atoms with Gasteiger partial charge in [0.05, 0.1) is 17.0 Å². The fourth-order valence-corrected chi connectivity index (χ4v) is 4.39. The average molecular weight is 383 g/mol. The number of fused-ring (bicyclic) bond motifs is 1. The van der Waals surface area contributed by atoms with Crippen LogP contribution in [0.3, 0.4) is 0 Å². The third-order valence-corrected chi connectivity index (χ3v) is 5.78. The van der Waals surface area contributed by atoms with Gasteiger partial charge in [-0.05, 0) is 18.4 Å². The van der Waals surface area contributed by atoms with Gasteiger partial charge in [-0.2, -0.15) is 4.98 Å². The van der Waals surface area contributed by atoms with Gasteiger partial charge in [0.25, 0.3) is 0 Å². The van der Waals surface area contributed by atoms with Crippen molar-refractivity contribution < 1.29 is 9.53 Å². The molecule has 4 rings (SSSR count). The maximum atomic E-state index is 12.8. The Morgan fingerprint density at radius 3 is 3.00 bits per heavy atom. The van der Waals surface area contributed by atoms with Gasteiger partial charge in [-0.15, -0.1) is 0 Å². The Morgan fingerprint density at radius 2 is 2.19 bits per heavy atom. The second kappa shape index (κ2) is 7.98. The third-order valence-electron chi connectivity index (χ3n) is 4.65. The van der Waals surface area contributed by atoms with Crippen LogP contribution in [-0.4, -0.2) is 40.6 Å². The zero-order chi connectivity index (χ0) is 18.6. The van der Waals surface area contributed by atoms with Crippen molar-refractivity contribution >= 4 is 32.7 Å². The number of methoxy groups -OCH3 is 1. The van der Waals surface area contributed by atoms with Crippen LogP contribution in [0.4, 0.5) is 5.13 Å². The Balaban J connectivity index is 1.51. The van der Waals surface area contributed by atoms with E-state index in [0.717, 1.165) is 40.5 Å². The summed E-state index contributed by atoms with van der Waals surface area (Å²) in [7, 11) is 1.64. The van der Waals surface area contributed by atoms with Crippen LogP contribution in [0.25, 0.3) is 10.3 Å². The maximum Gasteiger partial charge on any atom is 0.243 e. The highest BCUT2D eigenvalue weighted by Crippen LogP contribution is 2.33. The molecule has 1 N–H and O–H groups in total. The van der Waals surface area contributed by atoms with Gasteiger partial charge < -0.3 is 15.0 Å². The zero-order valence-electron chi connectivity index (χ0n) is 15.1. The van der Waals surface area contributed by atoms with Crippen LogP contribution in [0.15, 0.2) is 36.7 Å². The number of amides is 1. The summed E-state index contributed by atoms with van der Waals surface area (Å²) < 4.78 is 6.14. The van der Waals surface area contributed by atoms with E-state index >= 15 is 0 Å². The standard InChI is InChI=1S/C19H21N5O2S/c1-26-11-14-16-17(22-12-21-14)23-19(27-16)24-9-5-8-15(24)18(25)20-10-13-6-3-2-4-7-13/h2-4,6-7,12,15H,5,8-11H2,1H3,(H,20,25)/t15-/m1/s1. The normalized spacial score (nSPS) is 16.8. The molecule has 0 saturated carbocycles. The van der Waals surface area contributed by atoms with Crippen LogP contribution in [0.5, 0.6) is 0 Å². The number of aromatic nitrogens is 3. The first-order valence-electron chi connectivity index (χ1n) is 8.94. The van der Waals surface area contributed by atoms with E-state index in [4.69, 9.17) is 4.74 Å². The largest absolute Gasteiger partial charge is 0.378 e. The van der Waals surface area contributed by atoms with Crippen LogP contribution in [-0.2, 0) is 22.7 Å². The second-order valence-corrected chi connectivity index (χ2v) is 7.43. The van der Waals surface area contributed by atoms with Crippen LogP contribution < -0.4 is 10.2 Å². The Kier molecular flexibility index (Phi) is 5.26. The molecule has 0 spiro atoms. The summed E-state index contributed by atoms with van der Waals surface area (Å²) in [6.45, 7) is 1.77. The van der Waals surface area contributed by atoms with Gasteiger partial charge in [0.1, 0.15) is 12.4 Å². The number of benzene rings is 1. The van der Waals surface area contributed by atoms with Crippen LogP contribution in [0.2, 0.25) is 0 Å². The van der Waals surface area contributed by atoms with Gasteiger partial charge in [0.15, 0.2) is 10.8 Å². The molecule has 0 aliphatic carbocycles. The third kappa shape index (κ3) is 3.77. The van der Waals surface area contributed by atoms with E-state index in [2.05, 4.69) is 25.2 Å². The molecule has 1 aromatic carbocycles. The van der Waals surface area contributed by atoms with Crippen molar-refractivity contribution in [2.24, 2.45) is 0 Å². The molecule has 1 aliphatic heterocycles. The van der Waals surface area contributed by atoms with Crippen LogP contribution in [0, 0.1) is 0 Å². The lowest BCUT2D eigenvalue weighted by molar-refractivity contribution is -0.122. The lowest BCUT2D eigenvalue weighted by Gasteiger charge is -2.23. The Bertz CT molecular complexity index is 930. The number of thiazole rings is 1. The topological polar surface area (TPSA) is 80.2 Å². The first-order valence-corrected chi connectivity index (χ1v) is 9.75. The second-order valence-electron chi connectivity index (χ2n) is 6.46. The molecule has 1 amide bonds. The molecule has 1 aliphatic rings. The van der Waals surface area contributed by atoms with Crippen molar-refractivity contribution in [1.29, 1.82) is 0 Å². The summed E-state index contributed by atoms with van der Waals surface area (Å²) in [5, 5.41) is 3.87. The van der Waals surface area contributed by atoms with Crippen molar-refractivity contribution in [3.63, 3.8) is 0 Å². The summed E-state index contributed by atoms with van der Waals surface area (Å²) in [6, 6.07) is 9.74. The van der Waals surface area contributed by atoms with Gasteiger partial charge in [-0.1, -0.05) is 41.7 Å². The predicted octanol–water partition coefficient (Wildman–Crippen LogP) is 2.52. The summed E-state index contributed by atoms with van der Waals surface area (Å²) in [5.41, 5.74) is 2.58. The lowest BCUT2D eigenvalue weighted by atomic mass is 10.2. The van der Waals surface area contributed by atoms with Crippen LogP contribution >= 0.6 is 11.3 Å². The summed E-state index contributed by atoms with van der Waals surface area (Å²) in [6.07, 6.45) is 3.30. The number of carbonyl (C=O) groups is 1. The fraction of sp³-hybridized carbons (Fsp3) is 0.368. The van der Waals surface area contributed by atoms with Gasteiger partial charge in [-0.25, -0.2) is 9.97 Å². The van der Waals surface area contributed by atoms with E-state index in [1.165, 1.54) is 17.7 Å². The molecule has 3 heterocycles. The van der Waals surface area contributed by atoms with Crippen molar-refractivity contribution in [2.45, 2.75) is 32.0 Å². The molecule has 1 atom stereocenters. The zero-order valence-corrected chi connectivity index (χ0v) is 15.9. The molecule has 140 valence electrons. The number of rotatable bonds is 6. The van der Waals surface area contributed by atoms with E-state index in [1.807, 2.05) is 30.3 Å². The average Bonchev–Trinajstić information content (AvgIpc) is 3.34.